The van der Waals surface area contributed by atoms with Gasteiger partial charge in [0.1, 0.15) is 6.17 Å². The van der Waals surface area contributed by atoms with Crippen LogP contribution in [0.15, 0.2) is 0 Å². The summed E-state index contributed by atoms with van der Waals surface area (Å²) in [6.45, 7) is 1.49. The highest BCUT2D eigenvalue weighted by Gasteiger charge is 2.16. The lowest BCUT2D eigenvalue weighted by atomic mass is 10.1. The molecule has 1 heterocycles. The van der Waals surface area contributed by atoms with Gasteiger partial charge in [0.05, 0.1) is 6.73 Å². The number of aliphatic hydroxyl groups excluding tert-OH is 1. The normalized spacial score (nSPS) is 22.2. The van der Waals surface area contributed by atoms with E-state index in [2.05, 4.69) is 0 Å². The number of rotatable bonds is 1. The molecule has 0 radical (unpaired) electrons. The third-order valence-electron chi connectivity index (χ3n) is 1.72. The van der Waals surface area contributed by atoms with E-state index in [0.29, 0.717) is 25.9 Å². The molecule has 10 heavy (non-hydrogen) atoms. The number of aliphatic hydroxyl groups is 1. The predicted molar refractivity (Wildman–Crippen MR) is 40.0 cm³/mol. The van der Waals surface area contributed by atoms with Gasteiger partial charge in [-0.2, -0.15) is 0 Å². The molecule has 0 spiro atoms. The van der Waals surface area contributed by atoms with E-state index in [-0.39, 0.29) is 19.1 Å². The maximum absolute atomic E-state index is 12.4. The topological polar surface area (TPSA) is 23.5 Å². The molecule has 0 aliphatic carbocycles. The van der Waals surface area contributed by atoms with Gasteiger partial charge >= 0.3 is 0 Å². The van der Waals surface area contributed by atoms with Crippen molar-refractivity contribution < 1.29 is 9.50 Å². The van der Waals surface area contributed by atoms with Crippen LogP contribution in [0.5, 0.6) is 0 Å². The Morgan fingerprint density at radius 3 is 2.30 bits per heavy atom. The molecule has 0 aromatic carbocycles. The van der Waals surface area contributed by atoms with Crippen LogP contribution < -0.4 is 0 Å². The average molecular weight is 170 g/mol. The van der Waals surface area contributed by atoms with Gasteiger partial charge in [-0.15, -0.1) is 12.4 Å². The number of hydrogen-bond acceptors (Lipinski definition) is 2. The molecule has 0 amide bonds. The van der Waals surface area contributed by atoms with Crippen LogP contribution in [-0.4, -0.2) is 36.0 Å². The standard InChI is InChI=1S/C6H12FNO.ClH/c7-6-1-3-8(5-9)4-2-6;/h6,9H,1-5H2;1H. The van der Waals surface area contributed by atoms with Gasteiger partial charge in [0, 0.05) is 13.1 Å². The van der Waals surface area contributed by atoms with Crippen LogP contribution in [-0.2, 0) is 0 Å². The second kappa shape index (κ2) is 4.88. The first-order valence-electron chi connectivity index (χ1n) is 3.30. The van der Waals surface area contributed by atoms with E-state index in [0.717, 1.165) is 0 Å². The monoisotopic (exact) mass is 169 g/mol. The quantitative estimate of drug-likeness (QED) is 0.628. The minimum Gasteiger partial charge on any atom is -0.381 e. The van der Waals surface area contributed by atoms with Crippen LogP contribution in [0.4, 0.5) is 4.39 Å². The Labute approximate surface area is 66.4 Å². The van der Waals surface area contributed by atoms with Crippen LogP contribution in [0, 0.1) is 0 Å². The molecule has 1 fully saturated rings. The summed E-state index contributed by atoms with van der Waals surface area (Å²) >= 11 is 0. The van der Waals surface area contributed by atoms with E-state index >= 15 is 0 Å². The highest BCUT2D eigenvalue weighted by molar-refractivity contribution is 5.85. The molecule has 1 aliphatic heterocycles. The molecule has 0 aromatic heterocycles. The summed E-state index contributed by atoms with van der Waals surface area (Å²) in [5.74, 6) is 0. The molecule has 4 heteroatoms. The Morgan fingerprint density at radius 2 is 1.90 bits per heavy atom. The molecular weight excluding hydrogens is 157 g/mol. The molecule has 0 unspecified atom stereocenters. The van der Waals surface area contributed by atoms with E-state index < -0.39 is 6.17 Å². The lowest BCUT2D eigenvalue weighted by molar-refractivity contribution is 0.0637. The molecule has 0 saturated carbocycles. The number of hydrogen-bond donors (Lipinski definition) is 1. The predicted octanol–water partition coefficient (Wildman–Crippen LogP) is 0.792. The number of likely N-dealkylation sites (tertiary alicyclic amines) is 1. The average Bonchev–Trinajstić information content (AvgIpc) is 1.90. The minimum atomic E-state index is -0.632. The van der Waals surface area contributed by atoms with Gasteiger partial charge < -0.3 is 5.11 Å². The molecule has 1 N–H and O–H groups in total. The summed E-state index contributed by atoms with van der Waals surface area (Å²) in [7, 11) is 0. The Morgan fingerprint density at radius 1 is 1.40 bits per heavy atom. The SMILES string of the molecule is Cl.OCN1CCC(F)CC1. The van der Waals surface area contributed by atoms with Gasteiger partial charge in [-0.3, -0.25) is 4.90 Å². The molecule has 0 bridgehead atoms. The van der Waals surface area contributed by atoms with Crippen molar-refractivity contribution in [2.75, 3.05) is 19.8 Å². The summed E-state index contributed by atoms with van der Waals surface area (Å²) in [5.41, 5.74) is 0. The maximum Gasteiger partial charge on any atom is 0.103 e. The first-order valence-corrected chi connectivity index (χ1v) is 3.30. The Balaban J connectivity index is 0.000000810. The van der Waals surface area contributed by atoms with Crippen LogP contribution in [0.2, 0.25) is 0 Å². The van der Waals surface area contributed by atoms with Crippen molar-refractivity contribution >= 4 is 12.4 Å². The number of piperidine rings is 1. The summed E-state index contributed by atoms with van der Waals surface area (Å²) in [5, 5.41) is 8.58. The number of nitrogens with zero attached hydrogens (tertiary/aromatic N) is 1. The third-order valence-corrected chi connectivity index (χ3v) is 1.72. The van der Waals surface area contributed by atoms with Crippen LogP contribution in [0.25, 0.3) is 0 Å². The van der Waals surface area contributed by atoms with E-state index in [1.165, 1.54) is 0 Å². The first-order chi connectivity index (χ1) is 4.33. The van der Waals surface area contributed by atoms with E-state index in [4.69, 9.17) is 5.11 Å². The molecule has 0 aromatic rings. The van der Waals surface area contributed by atoms with E-state index in [9.17, 15) is 4.39 Å². The summed E-state index contributed by atoms with van der Waals surface area (Å²) in [6, 6.07) is 0. The van der Waals surface area contributed by atoms with Gasteiger partial charge in [-0.05, 0) is 12.8 Å². The van der Waals surface area contributed by atoms with Gasteiger partial charge in [0.25, 0.3) is 0 Å². The summed E-state index contributed by atoms with van der Waals surface area (Å²) < 4.78 is 12.4. The molecule has 0 atom stereocenters. The van der Waals surface area contributed by atoms with Crippen molar-refractivity contribution in [2.24, 2.45) is 0 Å². The fourth-order valence-corrected chi connectivity index (χ4v) is 1.04. The van der Waals surface area contributed by atoms with Crippen LogP contribution in [0.3, 0.4) is 0 Å². The fraction of sp³-hybridized carbons (Fsp3) is 1.00. The molecular formula is C6H13ClFNO. The highest BCUT2D eigenvalue weighted by Crippen LogP contribution is 2.11. The second-order valence-electron chi connectivity index (χ2n) is 2.43. The molecule has 1 aliphatic rings. The lowest BCUT2D eigenvalue weighted by Gasteiger charge is -2.25. The van der Waals surface area contributed by atoms with Crippen molar-refractivity contribution in [1.29, 1.82) is 0 Å². The molecule has 62 valence electrons. The van der Waals surface area contributed by atoms with Crippen molar-refractivity contribution in [3.05, 3.63) is 0 Å². The van der Waals surface area contributed by atoms with Crippen LogP contribution >= 0.6 is 12.4 Å². The van der Waals surface area contributed by atoms with Gasteiger partial charge in [0.2, 0.25) is 0 Å². The lowest BCUT2D eigenvalue weighted by Crippen LogP contribution is -2.34. The van der Waals surface area contributed by atoms with Gasteiger partial charge in [-0.25, -0.2) is 4.39 Å². The van der Waals surface area contributed by atoms with Crippen molar-refractivity contribution in [3.8, 4) is 0 Å². The zero-order valence-corrected chi connectivity index (χ0v) is 6.61. The third kappa shape index (κ3) is 2.82. The number of halogens is 2. The maximum atomic E-state index is 12.4. The minimum absolute atomic E-state index is 0. The van der Waals surface area contributed by atoms with Gasteiger partial charge in [-0.1, -0.05) is 0 Å². The Bertz CT molecular complexity index is 85.8. The molecule has 1 saturated heterocycles. The fourth-order valence-electron chi connectivity index (χ4n) is 1.04. The van der Waals surface area contributed by atoms with Crippen molar-refractivity contribution in [3.63, 3.8) is 0 Å². The Kier molecular flexibility index (Phi) is 4.95. The van der Waals surface area contributed by atoms with Crippen molar-refractivity contribution in [2.45, 2.75) is 19.0 Å². The zero-order valence-electron chi connectivity index (χ0n) is 5.79. The van der Waals surface area contributed by atoms with Gasteiger partial charge in [0.15, 0.2) is 0 Å². The zero-order chi connectivity index (χ0) is 6.69. The second-order valence-corrected chi connectivity index (χ2v) is 2.43. The van der Waals surface area contributed by atoms with Crippen molar-refractivity contribution in [1.82, 2.24) is 4.90 Å². The van der Waals surface area contributed by atoms with Crippen LogP contribution in [0.1, 0.15) is 12.8 Å². The summed E-state index contributed by atoms with van der Waals surface area (Å²) in [4.78, 5) is 1.84. The smallest absolute Gasteiger partial charge is 0.103 e. The molecule has 1 rings (SSSR count). The van der Waals surface area contributed by atoms with E-state index in [1.54, 1.807) is 0 Å². The largest absolute Gasteiger partial charge is 0.381 e. The first kappa shape index (κ1) is 10.1. The number of alkyl halides is 1. The highest BCUT2D eigenvalue weighted by atomic mass is 35.5. The molecule has 2 nitrogen and oxygen atoms in total. The summed E-state index contributed by atoms with van der Waals surface area (Å²) in [6.07, 6.45) is 0.536. The van der Waals surface area contributed by atoms with E-state index in [1.807, 2.05) is 4.90 Å². The Hall–Kier alpha value is 0.140.